The lowest BCUT2D eigenvalue weighted by Crippen LogP contribution is -2.43. The highest BCUT2D eigenvalue weighted by Crippen LogP contribution is 2.21. The summed E-state index contributed by atoms with van der Waals surface area (Å²) in [7, 11) is 1.85. The highest BCUT2D eigenvalue weighted by molar-refractivity contribution is 7.09. The summed E-state index contributed by atoms with van der Waals surface area (Å²) in [6.45, 7) is 11.1. The molecule has 0 spiro atoms. The van der Waals surface area contributed by atoms with Gasteiger partial charge in [-0.15, -0.1) is 11.3 Å². The Bertz CT molecular complexity index is 837. The molecule has 1 unspecified atom stereocenters. The maximum atomic E-state index is 10.8. The molecule has 1 atom stereocenters. The summed E-state index contributed by atoms with van der Waals surface area (Å²) in [5.41, 5.74) is 0.934. The van der Waals surface area contributed by atoms with Gasteiger partial charge in [-0.1, -0.05) is 6.92 Å². The number of rotatable bonds is 9. The molecule has 8 nitrogen and oxygen atoms in total. The van der Waals surface area contributed by atoms with Crippen LogP contribution < -0.4 is 10.6 Å². The van der Waals surface area contributed by atoms with Gasteiger partial charge >= 0.3 is 0 Å². The minimum Gasteiger partial charge on any atom is -0.383 e. The van der Waals surface area contributed by atoms with Crippen LogP contribution >= 0.6 is 11.3 Å². The van der Waals surface area contributed by atoms with E-state index in [9.17, 15) is 5.11 Å². The van der Waals surface area contributed by atoms with Gasteiger partial charge < -0.3 is 15.7 Å². The molecule has 0 amide bonds. The molecule has 31 heavy (non-hydrogen) atoms. The van der Waals surface area contributed by atoms with Crippen LogP contribution in [0.2, 0.25) is 0 Å². The molecule has 2 aromatic heterocycles. The van der Waals surface area contributed by atoms with E-state index in [1.165, 1.54) is 23.5 Å². The van der Waals surface area contributed by atoms with Gasteiger partial charge in [0.25, 0.3) is 0 Å². The maximum absolute atomic E-state index is 10.8. The van der Waals surface area contributed by atoms with Gasteiger partial charge in [0.2, 0.25) is 0 Å². The molecule has 0 bridgehead atoms. The van der Waals surface area contributed by atoms with E-state index >= 15 is 0 Å². The zero-order chi connectivity index (χ0) is 22.3. The molecule has 0 radical (unpaired) electrons. The molecule has 1 aliphatic heterocycles. The smallest absolute Gasteiger partial charge is 0.191 e. The van der Waals surface area contributed by atoms with Crippen molar-refractivity contribution in [3.05, 3.63) is 34.0 Å². The van der Waals surface area contributed by atoms with Gasteiger partial charge in [0, 0.05) is 43.8 Å². The summed E-state index contributed by atoms with van der Waals surface area (Å²) in [4.78, 5) is 11.8. The molecule has 1 aliphatic rings. The molecular formula is C22H37N7OS. The molecule has 0 aromatic carbocycles. The Balaban J connectivity index is 1.45. The number of aliphatic imine (C=N–C) groups is 1. The van der Waals surface area contributed by atoms with Crippen LogP contribution in [0.25, 0.3) is 0 Å². The first-order chi connectivity index (χ1) is 14.9. The Morgan fingerprint density at radius 1 is 1.32 bits per heavy atom. The third-order valence-electron chi connectivity index (χ3n) is 5.77. The third-order valence-corrected chi connectivity index (χ3v) is 6.81. The fraction of sp³-hybridized carbons (Fsp3) is 0.682. The van der Waals surface area contributed by atoms with Crippen molar-refractivity contribution in [2.24, 2.45) is 18.0 Å². The summed E-state index contributed by atoms with van der Waals surface area (Å²) in [6, 6.07) is 0. The van der Waals surface area contributed by atoms with Crippen molar-refractivity contribution in [3.63, 3.8) is 0 Å². The predicted octanol–water partition coefficient (Wildman–Crippen LogP) is 2.11. The number of piperidine rings is 1. The van der Waals surface area contributed by atoms with Crippen LogP contribution in [-0.4, -0.2) is 63.5 Å². The number of guanidine groups is 1. The van der Waals surface area contributed by atoms with Crippen LogP contribution in [0, 0.1) is 5.92 Å². The quantitative estimate of drug-likeness (QED) is 0.403. The lowest BCUT2D eigenvalue weighted by molar-refractivity contribution is 0.0671. The second kappa shape index (κ2) is 11.1. The van der Waals surface area contributed by atoms with Gasteiger partial charge in [0.15, 0.2) is 5.96 Å². The van der Waals surface area contributed by atoms with Gasteiger partial charge in [0.1, 0.15) is 5.60 Å². The first-order valence-electron chi connectivity index (χ1n) is 11.3. The molecule has 3 rings (SSSR count). The Morgan fingerprint density at radius 3 is 2.71 bits per heavy atom. The second-order valence-electron chi connectivity index (χ2n) is 8.56. The van der Waals surface area contributed by atoms with Gasteiger partial charge in [0.05, 0.1) is 23.4 Å². The van der Waals surface area contributed by atoms with E-state index in [1.807, 2.05) is 13.2 Å². The van der Waals surface area contributed by atoms with E-state index < -0.39 is 5.60 Å². The molecule has 1 fully saturated rings. The van der Waals surface area contributed by atoms with Crippen LogP contribution in [0.1, 0.15) is 49.9 Å². The van der Waals surface area contributed by atoms with Crippen molar-refractivity contribution in [2.45, 2.75) is 52.2 Å². The number of aryl methyl sites for hydroxylation is 2. The lowest BCUT2D eigenvalue weighted by atomic mass is 9.97. The number of thiazole rings is 1. The van der Waals surface area contributed by atoms with Crippen molar-refractivity contribution in [1.82, 2.24) is 30.3 Å². The third kappa shape index (κ3) is 7.02. The van der Waals surface area contributed by atoms with Crippen molar-refractivity contribution in [3.8, 4) is 0 Å². The fourth-order valence-corrected chi connectivity index (χ4v) is 4.50. The number of nitrogens with one attached hydrogen (secondary N) is 2. The van der Waals surface area contributed by atoms with Crippen molar-refractivity contribution < 1.29 is 5.11 Å². The first-order valence-corrected chi connectivity index (χ1v) is 12.2. The zero-order valence-electron chi connectivity index (χ0n) is 19.3. The van der Waals surface area contributed by atoms with Crippen LogP contribution in [0.15, 0.2) is 22.8 Å². The van der Waals surface area contributed by atoms with E-state index in [2.05, 4.69) is 44.9 Å². The molecule has 3 N–H and O–H groups in total. The number of aliphatic hydroxyl groups is 1. The van der Waals surface area contributed by atoms with Crippen LogP contribution in [-0.2, 0) is 25.6 Å². The molecule has 0 aliphatic carbocycles. The molecule has 0 saturated carbocycles. The first kappa shape index (κ1) is 23.7. The average molecular weight is 448 g/mol. The summed E-state index contributed by atoms with van der Waals surface area (Å²) in [5.74, 6) is 1.38. The predicted molar refractivity (Wildman–Crippen MR) is 126 cm³/mol. The van der Waals surface area contributed by atoms with Crippen molar-refractivity contribution >= 4 is 17.3 Å². The summed E-state index contributed by atoms with van der Waals surface area (Å²) >= 11 is 1.77. The van der Waals surface area contributed by atoms with Gasteiger partial charge in [-0.25, -0.2) is 9.98 Å². The highest BCUT2D eigenvalue weighted by atomic mass is 32.1. The highest BCUT2D eigenvalue weighted by Gasteiger charge is 2.25. The second-order valence-corrected chi connectivity index (χ2v) is 9.50. The SMILES string of the molecule is CCNC(=NCC(C)(O)c1cnn(C)c1)NCC1CCN(Cc2csc(CC)n2)CC1. The van der Waals surface area contributed by atoms with Gasteiger partial charge in [-0.3, -0.25) is 9.58 Å². The summed E-state index contributed by atoms with van der Waals surface area (Å²) in [5, 5.41) is 25.1. The number of likely N-dealkylation sites (tertiary alicyclic amines) is 1. The topological polar surface area (TPSA) is 90.6 Å². The summed E-state index contributed by atoms with van der Waals surface area (Å²) < 4.78 is 1.69. The minimum atomic E-state index is -1.05. The standard InChI is InChI=1S/C22H37N7OS/c1-5-20-27-19(15-31-20)14-29-9-7-17(8-10-29)11-24-21(23-6-2)25-16-22(3,30)18-12-26-28(4)13-18/h12-13,15,17,30H,5-11,14,16H2,1-4H3,(H2,23,24,25). The summed E-state index contributed by atoms with van der Waals surface area (Å²) in [6.07, 6.45) is 6.89. The molecule has 172 valence electrons. The Hall–Kier alpha value is -1.97. The number of hydrogen-bond acceptors (Lipinski definition) is 6. The minimum absolute atomic E-state index is 0.278. The lowest BCUT2D eigenvalue weighted by Gasteiger charge is -2.32. The van der Waals surface area contributed by atoms with Crippen LogP contribution in [0.4, 0.5) is 0 Å². The molecule has 1 saturated heterocycles. The van der Waals surface area contributed by atoms with E-state index in [4.69, 9.17) is 4.98 Å². The molecule has 2 aromatic rings. The van der Waals surface area contributed by atoms with Crippen molar-refractivity contribution in [1.29, 1.82) is 0 Å². The monoisotopic (exact) mass is 447 g/mol. The van der Waals surface area contributed by atoms with Crippen LogP contribution in [0.3, 0.4) is 0 Å². The van der Waals surface area contributed by atoms with E-state index in [0.717, 1.165) is 50.7 Å². The molecule has 3 heterocycles. The Labute approximate surface area is 189 Å². The Kier molecular flexibility index (Phi) is 8.45. The van der Waals surface area contributed by atoms with Gasteiger partial charge in [-0.05, 0) is 52.1 Å². The maximum Gasteiger partial charge on any atom is 0.191 e. The normalized spacial score (nSPS) is 18.2. The average Bonchev–Trinajstić information content (AvgIpc) is 3.40. The Morgan fingerprint density at radius 2 is 2.10 bits per heavy atom. The number of hydrogen-bond donors (Lipinski definition) is 3. The van der Waals surface area contributed by atoms with Crippen molar-refractivity contribution in [2.75, 3.05) is 32.7 Å². The van der Waals surface area contributed by atoms with E-state index in [-0.39, 0.29) is 6.54 Å². The van der Waals surface area contributed by atoms with E-state index in [0.29, 0.717) is 5.92 Å². The molecule has 9 heteroatoms. The van der Waals surface area contributed by atoms with Gasteiger partial charge in [-0.2, -0.15) is 5.10 Å². The number of nitrogens with zero attached hydrogens (tertiary/aromatic N) is 5. The van der Waals surface area contributed by atoms with Crippen LogP contribution in [0.5, 0.6) is 0 Å². The zero-order valence-corrected chi connectivity index (χ0v) is 20.1. The number of aromatic nitrogens is 3. The molecular weight excluding hydrogens is 410 g/mol. The fourth-order valence-electron chi connectivity index (χ4n) is 3.77. The van der Waals surface area contributed by atoms with E-state index in [1.54, 1.807) is 29.1 Å². The largest absolute Gasteiger partial charge is 0.383 e.